The molecule has 0 spiro atoms. The number of halogens is 1. The molecule has 2 rings (SSSR count). The number of nitrogen functional groups attached to an aromatic ring is 1. The Morgan fingerprint density at radius 1 is 1.10 bits per heavy atom. The Kier molecular flexibility index (Phi) is 4.30. The minimum Gasteiger partial charge on any atom is -0.478 e. The van der Waals surface area contributed by atoms with Gasteiger partial charge in [0.05, 0.1) is 11.3 Å². The van der Waals surface area contributed by atoms with Crippen LogP contribution in [-0.4, -0.2) is 17.1 Å². The topological polar surface area (TPSA) is 104 Å². The molecule has 0 saturated carbocycles. The van der Waals surface area contributed by atoms with Gasteiger partial charge in [0.25, 0.3) is 0 Å². The summed E-state index contributed by atoms with van der Waals surface area (Å²) in [4.78, 5) is 23.0. The SMILES string of the molecule is Nc1ccc(C(=O)O)c(NC(=O)Nc2cccc(Cl)c2)c1. The molecule has 7 heteroatoms. The summed E-state index contributed by atoms with van der Waals surface area (Å²) in [6.07, 6.45) is 0. The minimum atomic E-state index is -1.16. The fourth-order valence-electron chi connectivity index (χ4n) is 1.70. The zero-order valence-corrected chi connectivity index (χ0v) is 11.5. The van der Waals surface area contributed by atoms with Crippen LogP contribution in [0.1, 0.15) is 10.4 Å². The maximum absolute atomic E-state index is 11.9. The number of carboxylic acids is 1. The summed E-state index contributed by atoms with van der Waals surface area (Å²) in [7, 11) is 0. The third kappa shape index (κ3) is 3.87. The lowest BCUT2D eigenvalue weighted by molar-refractivity contribution is 0.0698. The molecule has 0 aliphatic rings. The largest absolute Gasteiger partial charge is 0.478 e. The molecule has 0 unspecified atom stereocenters. The number of anilines is 3. The van der Waals surface area contributed by atoms with Gasteiger partial charge in [0, 0.05) is 16.4 Å². The van der Waals surface area contributed by atoms with Gasteiger partial charge in [-0.1, -0.05) is 17.7 Å². The van der Waals surface area contributed by atoms with Crippen molar-refractivity contribution in [3.63, 3.8) is 0 Å². The molecular formula is C14H12ClN3O3. The highest BCUT2D eigenvalue weighted by atomic mass is 35.5. The van der Waals surface area contributed by atoms with Crippen LogP contribution in [0, 0.1) is 0 Å². The second kappa shape index (κ2) is 6.15. The highest BCUT2D eigenvalue weighted by Gasteiger charge is 2.13. The molecule has 2 aromatic rings. The zero-order valence-electron chi connectivity index (χ0n) is 10.8. The van der Waals surface area contributed by atoms with E-state index < -0.39 is 12.0 Å². The molecule has 0 aliphatic carbocycles. The fourth-order valence-corrected chi connectivity index (χ4v) is 1.89. The summed E-state index contributed by atoms with van der Waals surface area (Å²) in [6.45, 7) is 0. The summed E-state index contributed by atoms with van der Waals surface area (Å²) in [5, 5.41) is 14.5. The number of carboxylic acid groups (broad SMARTS) is 1. The first kappa shape index (κ1) is 14.7. The standard InChI is InChI=1S/C14H12ClN3O3/c15-8-2-1-3-10(6-8)17-14(21)18-12-7-9(16)4-5-11(12)13(19)20/h1-7H,16H2,(H,19,20)(H2,17,18,21). The van der Waals surface area contributed by atoms with E-state index in [0.717, 1.165) is 0 Å². The fraction of sp³-hybridized carbons (Fsp3) is 0. The van der Waals surface area contributed by atoms with Crippen LogP contribution in [0.4, 0.5) is 21.9 Å². The van der Waals surface area contributed by atoms with Gasteiger partial charge in [0.2, 0.25) is 0 Å². The van der Waals surface area contributed by atoms with E-state index in [1.807, 2.05) is 0 Å². The van der Waals surface area contributed by atoms with Crippen molar-refractivity contribution in [2.24, 2.45) is 0 Å². The first-order chi connectivity index (χ1) is 9.95. The van der Waals surface area contributed by atoms with Crippen LogP contribution in [0.3, 0.4) is 0 Å². The molecule has 0 aromatic heterocycles. The van der Waals surface area contributed by atoms with Crippen molar-refractivity contribution < 1.29 is 14.7 Å². The van der Waals surface area contributed by atoms with Crippen LogP contribution >= 0.6 is 11.6 Å². The summed E-state index contributed by atoms with van der Waals surface area (Å²) < 4.78 is 0. The molecule has 0 bridgehead atoms. The quantitative estimate of drug-likeness (QED) is 0.653. The third-order valence-corrected chi connectivity index (χ3v) is 2.84. The molecule has 2 aromatic carbocycles. The van der Waals surface area contributed by atoms with Crippen molar-refractivity contribution >= 4 is 40.7 Å². The van der Waals surface area contributed by atoms with Gasteiger partial charge in [0.15, 0.2) is 0 Å². The monoisotopic (exact) mass is 305 g/mol. The van der Waals surface area contributed by atoms with E-state index >= 15 is 0 Å². The highest BCUT2D eigenvalue weighted by molar-refractivity contribution is 6.30. The Labute approximate surface area is 125 Å². The van der Waals surface area contributed by atoms with Crippen molar-refractivity contribution in [1.29, 1.82) is 0 Å². The first-order valence-electron chi connectivity index (χ1n) is 5.92. The second-order valence-corrected chi connectivity index (χ2v) is 4.64. The lowest BCUT2D eigenvalue weighted by Crippen LogP contribution is -2.21. The molecule has 108 valence electrons. The van der Waals surface area contributed by atoms with Gasteiger partial charge in [-0.25, -0.2) is 9.59 Å². The molecule has 0 aliphatic heterocycles. The van der Waals surface area contributed by atoms with Gasteiger partial charge in [0.1, 0.15) is 0 Å². The zero-order chi connectivity index (χ0) is 15.4. The van der Waals surface area contributed by atoms with Crippen molar-refractivity contribution in [2.75, 3.05) is 16.4 Å². The molecule has 0 atom stereocenters. The van der Waals surface area contributed by atoms with E-state index in [2.05, 4.69) is 10.6 Å². The lowest BCUT2D eigenvalue weighted by Gasteiger charge is -2.10. The predicted octanol–water partition coefficient (Wildman–Crippen LogP) is 3.26. The van der Waals surface area contributed by atoms with Crippen molar-refractivity contribution in [3.8, 4) is 0 Å². The lowest BCUT2D eigenvalue weighted by atomic mass is 10.1. The van der Waals surface area contributed by atoms with Gasteiger partial charge < -0.3 is 21.5 Å². The van der Waals surface area contributed by atoms with Crippen molar-refractivity contribution in [1.82, 2.24) is 0 Å². The minimum absolute atomic E-state index is 0.0505. The van der Waals surface area contributed by atoms with Gasteiger partial charge in [-0.3, -0.25) is 0 Å². The molecule has 0 radical (unpaired) electrons. The molecule has 6 nitrogen and oxygen atoms in total. The molecule has 5 N–H and O–H groups in total. The summed E-state index contributed by atoms with van der Waals surface area (Å²) in [5.41, 5.74) is 6.49. The van der Waals surface area contributed by atoms with Crippen molar-refractivity contribution in [2.45, 2.75) is 0 Å². The number of benzene rings is 2. The van der Waals surface area contributed by atoms with Crippen LogP contribution < -0.4 is 16.4 Å². The number of hydrogen-bond donors (Lipinski definition) is 4. The average molecular weight is 306 g/mol. The van der Waals surface area contributed by atoms with Gasteiger partial charge in [-0.15, -0.1) is 0 Å². The predicted molar refractivity (Wildman–Crippen MR) is 81.9 cm³/mol. The Morgan fingerprint density at radius 3 is 2.52 bits per heavy atom. The third-order valence-electron chi connectivity index (χ3n) is 2.60. The Bertz CT molecular complexity index is 704. The highest BCUT2D eigenvalue weighted by Crippen LogP contribution is 2.20. The van der Waals surface area contributed by atoms with Gasteiger partial charge in [-0.05, 0) is 36.4 Å². The normalized spacial score (nSPS) is 9.95. The number of rotatable bonds is 3. The van der Waals surface area contributed by atoms with Gasteiger partial charge >= 0.3 is 12.0 Å². The number of carbonyl (C=O) groups is 2. The van der Waals surface area contributed by atoms with E-state index in [-0.39, 0.29) is 11.3 Å². The Balaban J connectivity index is 2.16. The molecule has 0 heterocycles. The number of aromatic carboxylic acids is 1. The molecule has 21 heavy (non-hydrogen) atoms. The van der Waals surface area contributed by atoms with Crippen LogP contribution in [-0.2, 0) is 0 Å². The molecule has 0 fully saturated rings. The second-order valence-electron chi connectivity index (χ2n) is 4.20. The van der Waals surface area contributed by atoms with Gasteiger partial charge in [-0.2, -0.15) is 0 Å². The van der Waals surface area contributed by atoms with E-state index in [1.165, 1.54) is 18.2 Å². The maximum atomic E-state index is 11.9. The van der Waals surface area contributed by atoms with E-state index in [9.17, 15) is 9.59 Å². The smallest absolute Gasteiger partial charge is 0.337 e. The molecule has 0 saturated heterocycles. The first-order valence-corrected chi connectivity index (χ1v) is 6.30. The maximum Gasteiger partial charge on any atom is 0.337 e. The number of amides is 2. The number of hydrogen-bond acceptors (Lipinski definition) is 3. The van der Waals surface area contributed by atoms with Crippen LogP contribution in [0.5, 0.6) is 0 Å². The van der Waals surface area contributed by atoms with Crippen LogP contribution in [0.25, 0.3) is 0 Å². The van der Waals surface area contributed by atoms with Crippen molar-refractivity contribution in [3.05, 3.63) is 53.1 Å². The molecular weight excluding hydrogens is 294 g/mol. The van der Waals surface area contributed by atoms with E-state index in [1.54, 1.807) is 24.3 Å². The Hall–Kier alpha value is -2.73. The van der Waals surface area contributed by atoms with E-state index in [4.69, 9.17) is 22.4 Å². The number of nitrogens with two attached hydrogens (primary N) is 1. The number of urea groups is 1. The van der Waals surface area contributed by atoms with Crippen LogP contribution in [0.15, 0.2) is 42.5 Å². The number of nitrogens with one attached hydrogen (secondary N) is 2. The number of carbonyl (C=O) groups excluding carboxylic acids is 1. The Morgan fingerprint density at radius 2 is 1.86 bits per heavy atom. The summed E-state index contributed by atoms with van der Waals surface area (Å²) in [6, 6.07) is 10.1. The summed E-state index contributed by atoms with van der Waals surface area (Å²) in [5.74, 6) is -1.16. The average Bonchev–Trinajstić information content (AvgIpc) is 2.38. The van der Waals surface area contributed by atoms with E-state index in [0.29, 0.717) is 16.4 Å². The molecule has 2 amide bonds. The summed E-state index contributed by atoms with van der Waals surface area (Å²) >= 11 is 5.81. The van der Waals surface area contributed by atoms with Crippen LogP contribution in [0.2, 0.25) is 5.02 Å².